The van der Waals surface area contributed by atoms with E-state index in [2.05, 4.69) is 14.0 Å². The van der Waals surface area contributed by atoms with E-state index < -0.39 is 0 Å². The Hall–Kier alpha value is -0.360. The zero-order valence-corrected chi connectivity index (χ0v) is 6.13. The average Bonchev–Trinajstić information content (AvgIpc) is 1.65. The van der Waals surface area contributed by atoms with Crippen LogP contribution in [0, 0.1) is 0 Å². The first kappa shape index (κ1) is 7.64. The van der Waals surface area contributed by atoms with Crippen LogP contribution < -0.4 is 0 Å². The van der Waals surface area contributed by atoms with Gasteiger partial charge in [-0.15, -0.1) is 0 Å². The highest BCUT2D eigenvalue weighted by Gasteiger charge is 1.86. The van der Waals surface area contributed by atoms with Crippen LogP contribution >= 0.6 is 9.47 Å². The molecule has 8 heavy (non-hydrogen) atoms. The number of rotatable bonds is 2. The summed E-state index contributed by atoms with van der Waals surface area (Å²) in [6.07, 6.45) is 1.42. The second kappa shape index (κ2) is 3.62. The summed E-state index contributed by atoms with van der Waals surface area (Å²) in [7, 11) is 2.06. The van der Waals surface area contributed by atoms with Crippen LogP contribution in [0.5, 0.6) is 0 Å². The molecule has 0 bridgehead atoms. The molecule has 0 fully saturated rings. The Morgan fingerprint density at radius 1 is 1.62 bits per heavy atom. The Labute approximate surface area is 51.2 Å². The molecule has 0 N–H and O–H groups in total. The van der Waals surface area contributed by atoms with Crippen molar-refractivity contribution in [3.8, 4) is 0 Å². The third-order valence-electron chi connectivity index (χ3n) is 0.592. The van der Waals surface area contributed by atoms with E-state index in [0.29, 0.717) is 5.76 Å². The molecule has 46 valence electrons. The van der Waals surface area contributed by atoms with Crippen molar-refractivity contribution in [2.24, 2.45) is 0 Å². The van der Waals surface area contributed by atoms with Gasteiger partial charge in [0.05, 0.1) is 15.2 Å². The molecule has 1 unspecified atom stereocenters. The van der Waals surface area contributed by atoms with E-state index in [9.17, 15) is 4.79 Å². The number of hydrogen-bond acceptors (Lipinski definition) is 2. The molecule has 0 heterocycles. The molecule has 0 amide bonds. The van der Waals surface area contributed by atoms with E-state index in [1.165, 1.54) is 13.0 Å². The average molecular weight is 132 g/mol. The van der Waals surface area contributed by atoms with Crippen molar-refractivity contribution >= 4 is 15.2 Å². The summed E-state index contributed by atoms with van der Waals surface area (Å²) in [5, 5.41) is 0. The molecule has 1 atom stereocenters. The van der Waals surface area contributed by atoms with E-state index in [1.807, 2.05) is 0 Å². The minimum Gasteiger partial charge on any atom is -0.485 e. The lowest BCUT2D eigenvalue weighted by Crippen LogP contribution is -1.83. The molecule has 0 saturated carbocycles. The quantitative estimate of drug-likeness (QED) is 0.321. The van der Waals surface area contributed by atoms with Gasteiger partial charge in [-0.05, 0) is 13.8 Å². The van der Waals surface area contributed by atoms with Gasteiger partial charge in [0.15, 0.2) is 5.78 Å². The van der Waals surface area contributed by atoms with Gasteiger partial charge >= 0.3 is 0 Å². The van der Waals surface area contributed by atoms with Crippen LogP contribution in [0.25, 0.3) is 0 Å². The molecule has 0 aromatic carbocycles. The number of allylic oxidation sites excluding steroid dienone is 2. The molecule has 0 aliphatic carbocycles. The van der Waals surface area contributed by atoms with E-state index >= 15 is 0 Å². The van der Waals surface area contributed by atoms with Gasteiger partial charge in [0.25, 0.3) is 0 Å². The second-order valence-corrected chi connectivity index (χ2v) is 1.72. The van der Waals surface area contributed by atoms with Crippen LogP contribution in [0.15, 0.2) is 11.8 Å². The molecule has 2 nitrogen and oxygen atoms in total. The second-order valence-electron chi connectivity index (χ2n) is 1.48. The smallest absolute Gasteiger partial charge is 0.155 e. The first-order chi connectivity index (χ1) is 3.66. The molecule has 3 heteroatoms. The molecular formula is C5H9O2P. The molecule has 0 rings (SSSR count). The molecule has 0 aliphatic heterocycles. The van der Waals surface area contributed by atoms with E-state index in [0.717, 1.165) is 0 Å². The van der Waals surface area contributed by atoms with Gasteiger partial charge in [-0.3, -0.25) is 4.79 Å². The van der Waals surface area contributed by atoms with Gasteiger partial charge in [-0.1, -0.05) is 0 Å². The summed E-state index contributed by atoms with van der Waals surface area (Å²) in [6, 6.07) is 0. The molecule has 0 aliphatic rings. The van der Waals surface area contributed by atoms with Crippen molar-refractivity contribution in [2.75, 3.05) is 0 Å². The van der Waals surface area contributed by atoms with Crippen molar-refractivity contribution in [3.63, 3.8) is 0 Å². The van der Waals surface area contributed by atoms with Gasteiger partial charge in [0.2, 0.25) is 0 Å². The fourth-order valence-corrected chi connectivity index (χ4v) is 0.388. The van der Waals surface area contributed by atoms with Gasteiger partial charge in [0, 0.05) is 6.08 Å². The van der Waals surface area contributed by atoms with Gasteiger partial charge in [0.1, 0.15) is 0 Å². The summed E-state index contributed by atoms with van der Waals surface area (Å²) < 4.78 is 4.62. The van der Waals surface area contributed by atoms with Crippen LogP contribution in [0.3, 0.4) is 0 Å². The third kappa shape index (κ3) is 3.82. The van der Waals surface area contributed by atoms with E-state index in [1.54, 1.807) is 6.92 Å². The zero-order chi connectivity index (χ0) is 6.57. The first-order valence-electron chi connectivity index (χ1n) is 2.22. The number of hydrogen-bond donors (Lipinski definition) is 0. The number of ketones is 1. The Morgan fingerprint density at radius 3 is 2.25 bits per heavy atom. The summed E-state index contributed by atoms with van der Waals surface area (Å²) in [4.78, 5) is 10.2. The molecule has 0 aromatic rings. The van der Waals surface area contributed by atoms with Gasteiger partial charge in [-0.25, -0.2) is 0 Å². The van der Waals surface area contributed by atoms with Crippen LogP contribution in [-0.2, 0) is 9.32 Å². The van der Waals surface area contributed by atoms with E-state index in [4.69, 9.17) is 0 Å². The van der Waals surface area contributed by atoms with Crippen LogP contribution in [0.1, 0.15) is 13.8 Å². The first-order valence-corrected chi connectivity index (χ1v) is 2.69. The topological polar surface area (TPSA) is 26.3 Å². The predicted molar refractivity (Wildman–Crippen MR) is 35.2 cm³/mol. The van der Waals surface area contributed by atoms with Crippen LogP contribution in [0.4, 0.5) is 0 Å². The fraction of sp³-hybridized carbons (Fsp3) is 0.400. The SMILES string of the molecule is CC(=O)/C=C(/C)OP. The number of carbonyl (C=O) groups excluding carboxylic acids is 1. The maximum Gasteiger partial charge on any atom is 0.155 e. The highest BCUT2D eigenvalue weighted by molar-refractivity contribution is 7.10. The Morgan fingerprint density at radius 2 is 2.12 bits per heavy atom. The van der Waals surface area contributed by atoms with Gasteiger partial charge in [-0.2, -0.15) is 0 Å². The largest absolute Gasteiger partial charge is 0.485 e. The highest BCUT2D eigenvalue weighted by atomic mass is 31.0. The molecule has 0 saturated heterocycles. The minimum atomic E-state index is 0.00458. The standard InChI is InChI=1S/C5H9O2P/c1-4(6)3-5(2)7-8/h3H,8H2,1-2H3/b5-3-. The lowest BCUT2D eigenvalue weighted by atomic mass is 10.4. The van der Waals surface area contributed by atoms with Crippen molar-refractivity contribution in [2.45, 2.75) is 13.8 Å². The lowest BCUT2D eigenvalue weighted by molar-refractivity contribution is -0.112. The lowest BCUT2D eigenvalue weighted by Gasteiger charge is -1.92. The van der Waals surface area contributed by atoms with Crippen LogP contribution in [-0.4, -0.2) is 5.78 Å². The summed E-state index contributed by atoms with van der Waals surface area (Å²) >= 11 is 0. The van der Waals surface area contributed by atoms with Crippen molar-refractivity contribution < 1.29 is 9.32 Å². The Balaban J connectivity index is 3.75. The van der Waals surface area contributed by atoms with Crippen LogP contribution in [0.2, 0.25) is 0 Å². The molecule has 0 radical (unpaired) electrons. The monoisotopic (exact) mass is 132 g/mol. The highest BCUT2D eigenvalue weighted by Crippen LogP contribution is 1.99. The summed E-state index contributed by atoms with van der Waals surface area (Å²) in [5.74, 6) is 0.618. The van der Waals surface area contributed by atoms with Crippen molar-refractivity contribution in [3.05, 3.63) is 11.8 Å². The zero-order valence-electron chi connectivity index (χ0n) is 4.97. The van der Waals surface area contributed by atoms with E-state index in [-0.39, 0.29) is 5.78 Å². The Bertz CT molecular complexity index is 118. The molecular weight excluding hydrogens is 123 g/mol. The Kier molecular flexibility index (Phi) is 3.46. The normalized spacial score (nSPS) is 11.1. The maximum absolute atomic E-state index is 10.2. The molecule has 0 spiro atoms. The summed E-state index contributed by atoms with van der Waals surface area (Å²) in [5.41, 5.74) is 0. The maximum atomic E-state index is 10.2. The van der Waals surface area contributed by atoms with Crippen molar-refractivity contribution in [1.29, 1.82) is 0 Å². The minimum absolute atomic E-state index is 0.00458. The molecule has 0 aromatic heterocycles. The van der Waals surface area contributed by atoms with Gasteiger partial charge < -0.3 is 4.52 Å². The number of carbonyl (C=O) groups is 1. The van der Waals surface area contributed by atoms with Crippen molar-refractivity contribution in [1.82, 2.24) is 0 Å². The fourth-order valence-electron chi connectivity index (χ4n) is 0.320. The predicted octanol–water partition coefficient (Wildman–Crippen LogP) is 1.29. The third-order valence-corrected chi connectivity index (χ3v) is 0.964. The summed E-state index contributed by atoms with van der Waals surface area (Å²) in [6.45, 7) is 3.20.